The van der Waals surface area contributed by atoms with Crippen LogP contribution in [0.4, 0.5) is 4.39 Å². The Balaban J connectivity index is 0.000000156. The molecule has 4 rings (SSSR count). The van der Waals surface area contributed by atoms with Crippen LogP contribution in [0.5, 0.6) is 5.75 Å². The van der Waals surface area contributed by atoms with E-state index in [1.165, 1.54) is 12.1 Å². The summed E-state index contributed by atoms with van der Waals surface area (Å²) in [5.41, 5.74) is 1.54. The summed E-state index contributed by atoms with van der Waals surface area (Å²) in [5, 5.41) is 0. The van der Waals surface area contributed by atoms with Gasteiger partial charge in [0.1, 0.15) is 11.6 Å². The van der Waals surface area contributed by atoms with Gasteiger partial charge >= 0.3 is 0 Å². The fourth-order valence-electron chi connectivity index (χ4n) is 2.92. The summed E-state index contributed by atoms with van der Waals surface area (Å²) >= 11 is 3.31. The van der Waals surface area contributed by atoms with Gasteiger partial charge in [0.05, 0.1) is 7.11 Å². The topological polar surface area (TPSA) is 43.4 Å². The number of methoxy groups -OCH3 is 1. The molecule has 27 heavy (non-hydrogen) atoms. The molecule has 0 atom stereocenters. The summed E-state index contributed by atoms with van der Waals surface area (Å²) in [5.74, 6) is 2.88. The average molecular weight is 405 g/mol. The fourth-order valence-corrected chi connectivity index (χ4v) is 5.01. The van der Waals surface area contributed by atoms with Gasteiger partial charge in [-0.15, -0.1) is 23.5 Å². The van der Waals surface area contributed by atoms with E-state index < -0.39 is 0 Å². The maximum Gasteiger partial charge on any atom is 0.164 e. The van der Waals surface area contributed by atoms with E-state index in [0.29, 0.717) is 18.4 Å². The number of fused-ring (bicyclic) bond motifs is 2. The Morgan fingerprint density at radius 3 is 2.00 bits per heavy atom. The molecule has 2 heterocycles. The number of ketones is 2. The molecule has 2 aliphatic heterocycles. The van der Waals surface area contributed by atoms with Crippen LogP contribution in [0.2, 0.25) is 0 Å². The smallest absolute Gasteiger partial charge is 0.164 e. The molecular weight excluding hydrogens is 383 g/mol. The van der Waals surface area contributed by atoms with Crippen molar-refractivity contribution in [2.24, 2.45) is 0 Å². The fraction of sp³-hybridized carbons (Fsp3) is 0.333. The van der Waals surface area contributed by atoms with Crippen LogP contribution < -0.4 is 4.74 Å². The van der Waals surface area contributed by atoms with Crippen LogP contribution in [-0.4, -0.2) is 30.2 Å². The van der Waals surface area contributed by atoms with E-state index in [1.807, 2.05) is 18.2 Å². The van der Waals surface area contributed by atoms with Crippen molar-refractivity contribution in [2.45, 2.75) is 35.5 Å². The van der Waals surface area contributed by atoms with Crippen LogP contribution in [-0.2, 0) is 0 Å². The van der Waals surface area contributed by atoms with Gasteiger partial charge in [0.25, 0.3) is 0 Å². The van der Waals surface area contributed by atoms with E-state index in [0.717, 1.165) is 45.5 Å². The van der Waals surface area contributed by atoms with E-state index in [2.05, 4.69) is 0 Å². The molecule has 0 unspecified atom stereocenters. The molecule has 0 aliphatic carbocycles. The van der Waals surface area contributed by atoms with Crippen molar-refractivity contribution in [3.63, 3.8) is 0 Å². The van der Waals surface area contributed by atoms with E-state index in [-0.39, 0.29) is 17.4 Å². The summed E-state index contributed by atoms with van der Waals surface area (Å²) in [6, 6.07) is 10.1. The van der Waals surface area contributed by atoms with Crippen molar-refractivity contribution in [2.75, 3.05) is 18.6 Å². The number of benzene rings is 2. The lowest BCUT2D eigenvalue weighted by Gasteiger charge is -2.06. The van der Waals surface area contributed by atoms with Crippen LogP contribution >= 0.6 is 23.5 Å². The zero-order chi connectivity index (χ0) is 19.2. The Hall–Kier alpha value is -1.79. The minimum absolute atomic E-state index is 0.139. The minimum atomic E-state index is -0.263. The molecule has 3 nitrogen and oxygen atoms in total. The van der Waals surface area contributed by atoms with E-state index in [1.54, 1.807) is 36.7 Å². The number of ether oxygens (including phenoxy) is 1. The van der Waals surface area contributed by atoms with Crippen molar-refractivity contribution in [1.29, 1.82) is 0 Å². The Morgan fingerprint density at radius 2 is 1.41 bits per heavy atom. The highest BCUT2D eigenvalue weighted by Gasteiger charge is 2.17. The Morgan fingerprint density at radius 1 is 0.852 bits per heavy atom. The third-order valence-electron chi connectivity index (χ3n) is 4.34. The van der Waals surface area contributed by atoms with Gasteiger partial charge in [-0.3, -0.25) is 9.59 Å². The van der Waals surface area contributed by atoms with Gasteiger partial charge in [-0.25, -0.2) is 4.39 Å². The number of halogens is 1. The van der Waals surface area contributed by atoms with Crippen molar-refractivity contribution >= 4 is 35.1 Å². The third kappa shape index (κ3) is 5.14. The maximum absolute atomic E-state index is 12.8. The molecule has 2 aliphatic rings. The molecule has 6 heteroatoms. The van der Waals surface area contributed by atoms with Gasteiger partial charge in [0.2, 0.25) is 0 Å². The van der Waals surface area contributed by atoms with Crippen LogP contribution in [0.1, 0.15) is 46.4 Å². The zero-order valence-corrected chi connectivity index (χ0v) is 16.8. The molecule has 2 aromatic rings. The molecule has 0 spiro atoms. The summed E-state index contributed by atoms with van der Waals surface area (Å²) in [6.07, 6.45) is 3.12. The number of thioether (sulfide) groups is 2. The van der Waals surface area contributed by atoms with Crippen molar-refractivity contribution < 1.29 is 18.7 Å². The minimum Gasteiger partial charge on any atom is -0.497 e. The van der Waals surface area contributed by atoms with Crippen LogP contribution in [0.25, 0.3) is 0 Å². The first-order valence-electron chi connectivity index (χ1n) is 8.88. The molecule has 0 amide bonds. The SMILES string of the molecule is COc1ccc2c(c1)SCCCC2=O.O=C1CCCSc2cc(F)ccc21. The van der Waals surface area contributed by atoms with Crippen molar-refractivity contribution in [3.05, 3.63) is 53.3 Å². The highest BCUT2D eigenvalue weighted by molar-refractivity contribution is 7.99. The summed E-state index contributed by atoms with van der Waals surface area (Å²) in [6.45, 7) is 0. The first-order valence-corrected chi connectivity index (χ1v) is 10.8. The van der Waals surface area contributed by atoms with Gasteiger partial charge in [0.15, 0.2) is 11.6 Å². The number of rotatable bonds is 1. The van der Waals surface area contributed by atoms with Crippen molar-refractivity contribution in [3.8, 4) is 5.75 Å². The monoisotopic (exact) mass is 404 g/mol. The highest BCUT2D eigenvalue weighted by atomic mass is 32.2. The molecule has 0 aromatic heterocycles. The van der Waals surface area contributed by atoms with Gasteiger partial charge in [0, 0.05) is 33.8 Å². The summed E-state index contributed by atoms with van der Waals surface area (Å²) in [7, 11) is 1.64. The quantitative estimate of drug-likeness (QED) is 0.614. The standard InChI is InChI=1S/C11H12O2S.C10H9FOS/c1-13-8-4-5-9-10(12)3-2-6-14-11(9)7-8;11-7-3-4-8-9(12)2-1-5-13-10(8)6-7/h4-5,7H,2-3,6H2,1H3;3-4,6H,1-2,5H2. The molecule has 0 saturated carbocycles. The lowest BCUT2D eigenvalue weighted by atomic mass is 10.1. The van der Waals surface area contributed by atoms with Gasteiger partial charge in [-0.05, 0) is 60.7 Å². The Kier molecular flexibility index (Phi) is 6.96. The van der Waals surface area contributed by atoms with E-state index in [9.17, 15) is 14.0 Å². The van der Waals surface area contributed by atoms with E-state index >= 15 is 0 Å². The summed E-state index contributed by atoms with van der Waals surface area (Å²) < 4.78 is 18.0. The Bertz CT molecular complexity index is 851. The summed E-state index contributed by atoms with van der Waals surface area (Å²) in [4.78, 5) is 25.0. The molecule has 0 radical (unpaired) electrons. The largest absolute Gasteiger partial charge is 0.497 e. The molecular formula is C21H21FO3S2. The van der Waals surface area contributed by atoms with Gasteiger partial charge in [-0.2, -0.15) is 0 Å². The normalized spacial score (nSPS) is 16.2. The average Bonchev–Trinajstić information content (AvgIpc) is 2.97. The molecule has 0 bridgehead atoms. The molecule has 0 fully saturated rings. The number of Topliss-reactive ketones (excluding diaryl/α,β-unsaturated/α-hetero) is 2. The van der Waals surface area contributed by atoms with Crippen LogP contribution in [0.15, 0.2) is 46.2 Å². The first kappa shape index (κ1) is 20.0. The molecule has 0 saturated heterocycles. The lowest BCUT2D eigenvalue weighted by molar-refractivity contribution is 0.0972. The first-order chi connectivity index (χ1) is 13.1. The predicted octanol–water partition coefficient (Wildman–Crippen LogP) is 5.66. The second kappa shape index (κ2) is 9.42. The van der Waals surface area contributed by atoms with Gasteiger partial charge < -0.3 is 4.74 Å². The number of carbonyl (C=O) groups excluding carboxylic acids is 2. The number of hydrogen-bond donors (Lipinski definition) is 0. The second-order valence-electron chi connectivity index (χ2n) is 6.25. The molecule has 2 aromatic carbocycles. The number of carbonyl (C=O) groups is 2. The van der Waals surface area contributed by atoms with Crippen LogP contribution in [0.3, 0.4) is 0 Å². The molecule has 0 N–H and O–H groups in total. The third-order valence-corrected chi connectivity index (χ3v) is 6.63. The maximum atomic E-state index is 12.8. The lowest BCUT2D eigenvalue weighted by Crippen LogP contribution is -1.98. The predicted molar refractivity (Wildman–Crippen MR) is 108 cm³/mol. The Labute approximate surface area is 167 Å². The van der Waals surface area contributed by atoms with E-state index in [4.69, 9.17) is 4.74 Å². The highest BCUT2D eigenvalue weighted by Crippen LogP contribution is 2.32. The van der Waals surface area contributed by atoms with Gasteiger partial charge in [-0.1, -0.05) is 0 Å². The zero-order valence-electron chi connectivity index (χ0n) is 15.1. The molecule has 142 valence electrons. The van der Waals surface area contributed by atoms with Crippen molar-refractivity contribution in [1.82, 2.24) is 0 Å². The van der Waals surface area contributed by atoms with Crippen LogP contribution in [0, 0.1) is 5.82 Å². The number of hydrogen-bond acceptors (Lipinski definition) is 5. The second-order valence-corrected chi connectivity index (χ2v) is 8.53.